The maximum atomic E-state index is 12.6. The number of ether oxygens (including phenoxy) is 1. The summed E-state index contributed by atoms with van der Waals surface area (Å²) in [4.78, 5) is 12.6. The van der Waals surface area contributed by atoms with Gasteiger partial charge in [0, 0.05) is 5.41 Å². The van der Waals surface area contributed by atoms with Gasteiger partial charge in [0.2, 0.25) is 0 Å². The summed E-state index contributed by atoms with van der Waals surface area (Å²) in [5.41, 5.74) is -0.488. The molecule has 4 fully saturated rings. The molecule has 6 heteroatoms. The van der Waals surface area contributed by atoms with E-state index in [0.29, 0.717) is 0 Å². The summed E-state index contributed by atoms with van der Waals surface area (Å²) in [5, 5.41) is 0. The summed E-state index contributed by atoms with van der Waals surface area (Å²) < 4.78 is 39.1. The van der Waals surface area contributed by atoms with Crippen LogP contribution >= 0.6 is 0 Å². The van der Waals surface area contributed by atoms with Crippen molar-refractivity contribution in [1.82, 2.24) is 0 Å². The number of esters is 1. The number of rotatable bonds is 7. The second-order valence-corrected chi connectivity index (χ2v) is 10.4. The van der Waals surface area contributed by atoms with Gasteiger partial charge in [0.1, 0.15) is 5.60 Å². The van der Waals surface area contributed by atoms with E-state index < -0.39 is 33.4 Å². The molecule has 0 aromatic heterocycles. The van der Waals surface area contributed by atoms with E-state index >= 15 is 0 Å². The minimum absolute atomic E-state index is 0.0387. The number of hydrogen-bond acceptors (Lipinski definition) is 5. The molecule has 0 heterocycles. The van der Waals surface area contributed by atoms with E-state index in [1.807, 2.05) is 0 Å². The fourth-order valence-electron chi connectivity index (χ4n) is 6.59. The Morgan fingerprint density at radius 3 is 1.92 bits per heavy atom. The largest absolute Gasteiger partial charge is 0.748 e. The Morgan fingerprint density at radius 2 is 1.56 bits per heavy atom. The van der Waals surface area contributed by atoms with Crippen molar-refractivity contribution in [2.24, 2.45) is 29.1 Å². The van der Waals surface area contributed by atoms with Crippen LogP contribution in [0, 0.1) is 29.1 Å². The van der Waals surface area contributed by atoms with E-state index in [0.717, 1.165) is 49.9 Å². The first kappa shape index (κ1) is 19.2. The van der Waals surface area contributed by atoms with Gasteiger partial charge < -0.3 is 9.29 Å². The first-order valence-electron chi connectivity index (χ1n) is 9.78. The molecule has 0 spiro atoms. The maximum Gasteiger partial charge on any atom is 0.310 e. The van der Waals surface area contributed by atoms with Crippen molar-refractivity contribution in [2.75, 3.05) is 5.75 Å². The average molecular weight is 372 g/mol. The van der Waals surface area contributed by atoms with E-state index in [9.17, 15) is 17.8 Å². The quantitative estimate of drug-likeness (QED) is 0.505. The summed E-state index contributed by atoms with van der Waals surface area (Å²) in [6.07, 6.45) is 8.84. The van der Waals surface area contributed by atoms with Gasteiger partial charge in [0.05, 0.1) is 21.8 Å². The van der Waals surface area contributed by atoms with Gasteiger partial charge in [-0.2, -0.15) is 0 Å². The van der Waals surface area contributed by atoms with Crippen LogP contribution in [0.25, 0.3) is 0 Å². The third-order valence-electron chi connectivity index (χ3n) is 7.30. The van der Waals surface area contributed by atoms with Crippen molar-refractivity contribution >= 4 is 16.1 Å². The minimum Gasteiger partial charge on any atom is -0.748 e. The summed E-state index contributed by atoms with van der Waals surface area (Å²) in [7, 11) is -4.43. The zero-order valence-corrected chi connectivity index (χ0v) is 16.4. The van der Waals surface area contributed by atoms with Crippen LogP contribution < -0.4 is 0 Å². The van der Waals surface area contributed by atoms with E-state index in [1.165, 1.54) is 26.2 Å². The lowest BCUT2D eigenvalue weighted by Crippen LogP contribution is -2.60. The lowest BCUT2D eigenvalue weighted by molar-refractivity contribution is -0.214. The Bertz CT molecular complexity index is 584. The normalized spacial score (nSPS) is 35.6. The van der Waals surface area contributed by atoms with Gasteiger partial charge in [0.25, 0.3) is 0 Å². The van der Waals surface area contributed by atoms with Gasteiger partial charge in [-0.3, -0.25) is 4.79 Å². The topological polar surface area (TPSA) is 83.5 Å². The molecule has 4 bridgehead atoms. The lowest BCUT2D eigenvalue weighted by Gasteiger charge is -2.63. The third kappa shape index (κ3) is 3.48. The van der Waals surface area contributed by atoms with Crippen LogP contribution in [0.4, 0.5) is 0 Å². The average Bonchev–Trinajstić information content (AvgIpc) is 2.49. The molecule has 0 aromatic rings. The molecule has 4 saturated carbocycles. The molecule has 1 atom stereocenters. The van der Waals surface area contributed by atoms with E-state index in [2.05, 4.69) is 13.8 Å². The van der Waals surface area contributed by atoms with Crippen molar-refractivity contribution < 1.29 is 22.5 Å². The molecular weight excluding hydrogens is 340 g/mol. The molecule has 0 aromatic carbocycles. The van der Waals surface area contributed by atoms with Crippen LogP contribution in [0.3, 0.4) is 0 Å². The molecule has 4 aliphatic carbocycles. The van der Waals surface area contributed by atoms with Gasteiger partial charge in [0.15, 0.2) is 0 Å². The fourth-order valence-corrected chi connectivity index (χ4v) is 7.34. The molecule has 0 amide bonds. The number of hydrogen-bond donors (Lipinski definition) is 0. The van der Waals surface area contributed by atoms with Crippen LogP contribution in [0.5, 0.6) is 0 Å². The molecule has 0 radical (unpaired) electrons. The maximum absolute atomic E-state index is 12.6. The second-order valence-electron chi connectivity index (χ2n) is 8.95. The molecule has 0 aliphatic heterocycles. The molecule has 4 aliphatic rings. The summed E-state index contributed by atoms with van der Waals surface area (Å²) >= 11 is 0. The number of carbonyl (C=O) groups excluding carboxylic acids is 1. The Labute approximate surface area is 151 Å². The molecular formula is C19H31O5S-. The smallest absolute Gasteiger partial charge is 0.310 e. The van der Waals surface area contributed by atoms with Crippen LogP contribution in [-0.2, 0) is 19.6 Å². The van der Waals surface area contributed by atoms with Crippen molar-refractivity contribution in [3.63, 3.8) is 0 Å². The molecule has 1 unspecified atom stereocenters. The molecule has 25 heavy (non-hydrogen) atoms. The molecule has 144 valence electrons. The SMILES string of the molecule is CCC(CC)(OC(=O)C(C)CS(=O)(=O)[O-])C12CC3CC(CC(C3)C1)C2. The highest BCUT2D eigenvalue weighted by atomic mass is 32.2. The Balaban J connectivity index is 1.83. The first-order valence-corrected chi connectivity index (χ1v) is 11.4. The third-order valence-corrected chi connectivity index (χ3v) is 8.21. The van der Waals surface area contributed by atoms with Gasteiger partial charge in [-0.15, -0.1) is 0 Å². The zero-order chi connectivity index (χ0) is 18.5. The number of carbonyl (C=O) groups is 1. The zero-order valence-electron chi connectivity index (χ0n) is 15.6. The highest BCUT2D eigenvalue weighted by molar-refractivity contribution is 7.85. The lowest BCUT2D eigenvalue weighted by atomic mass is 9.44. The summed E-state index contributed by atoms with van der Waals surface area (Å²) in [6, 6.07) is 0. The van der Waals surface area contributed by atoms with Gasteiger partial charge in [-0.1, -0.05) is 20.8 Å². The van der Waals surface area contributed by atoms with E-state index in [4.69, 9.17) is 4.74 Å². The molecule has 0 saturated heterocycles. The highest BCUT2D eigenvalue weighted by Crippen LogP contribution is 2.65. The monoisotopic (exact) mass is 371 g/mol. The van der Waals surface area contributed by atoms with Crippen molar-refractivity contribution in [2.45, 2.75) is 77.7 Å². The van der Waals surface area contributed by atoms with Crippen LogP contribution in [0.2, 0.25) is 0 Å². The predicted octanol–water partition coefficient (Wildman–Crippen LogP) is 3.49. The Hall–Kier alpha value is -0.620. The molecule has 4 rings (SSSR count). The van der Waals surface area contributed by atoms with Crippen molar-refractivity contribution in [3.8, 4) is 0 Å². The van der Waals surface area contributed by atoms with Gasteiger partial charge in [-0.05, 0) is 69.1 Å². The molecule has 5 nitrogen and oxygen atoms in total. The first-order chi connectivity index (χ1) is 11.6. The van der Waals surface area contributed by atoms with Crippen molar-refractivity contribution in [3.05, 3.63) is 0 Å². The van der Waals surface area contributed by atoms with Gasteiger partial charge >= 0.3 is 5.97 Å². The highest BCUT2D eigenvalue weighted by Gasteiger charge is 2.61. The molecule has 0 N–H and O–H groups in total. The summed E-state index contributed by atoms with van der Waals surface area (Å²) in [6.45, 7) is 5.63. The van der Waals surface area contributed by atoms with Crippen LogP contribution in [0.1, 0.15) is 72.1 Å². The van der Waals surface area contributed by atoms with E-state index in [-0.39, 0.29) is 5.41 Å². The van der Waals surface area contributed by atoms with Crippen LogP contribution in [0.15, 0.2) is 0 Å². The Kier molecular flexibility index (Phi) is 4.99. The standard InChI is InChI=1S/C19H32O5S/c1-4-19(5-2,24-17(20)13(3)12-25(21,22)23)18-9-14-6-15(10-18)8-16(7-14)11-18/h13-16H,4-12H2,1-3H3,(H,21,22,23)/p-1. The summed E-state index contributed by atoms with van der Waals surface area (Å²) in [5.74, 6) is 0.134. The predicted molar refractivity (Wildman–Crippen MR) is 93.7 cm³/mol. The Morgan fingerprint density at radius 1 is 1.12 bits per heavy atom. The second kappa shape index (κ2) is 6.52. The van der Waals surface area contributed by atoms with Crippen LogP contribution in [-0.4, -0.2) is 30.3 Å². The van der Waals surface area contributed by atoms with Gasteiger partial charge in [-0.25, -0.2) is 8.42 Å². The van der Waals surface area contributed by atoms with E-state index in [1.54, 1.807) is 0 Å². The minimum atomic E-state index is -4.43. The fraction of sp³-hybridized carbons (Fsp3) is 0.947. The van der Waals surface area contributed by atoms with Crippen molar-refractivity contribution in [1.29, 1.82) is 0 Å².